The molecular formula is C21H28N2O4S. The van der Waals surface area contributed by atoms with E-state index in [-0.39, 0.29) is 17.8 Å². The Labute approximate surface area is 167 Å². The molecule has 0 unspecified atom stereocenters. The van der Waals surface area contributed by atoms with Gasteiger partial charge in [0.05, 0.1) is 6.26 Å². The molecule has 0 heterocycles. The van der Waals surface area contributed by atoms with Crippen molar-refractivity contribution >= 4 is 21.8 Å². The van der Waals surface area contributed by atoms with E-state index in [9.17, 15) is 13.2 Å². The highest BCUT2D eigenvalue weighted by molar-refractivity contribution is 7.86. The monoisotopic (exact) mass is 404 g/mol. The number of urea groups is 1. The molecule has 2 aromatic rings. The van der Waals surface area contributed by atoms with Crippen LogP contribution >= 0.6 is 0 Å². The van der Waals surface area contributed by atoms with Crippen molar-refractivity contribution < 1.29 is 17.4 Å². The number of carbonyl (C=O) groups is 1. The molecule has 6 nitrogen and oxygen atoms in total. The van der Waals surface area contributed by atoms with E-state index < -0.39 is 10.1 Å². The van der Waals surface area contributed by atoms with Crippen LogP contribution in [0.2, 0.25) is 0 Å². The summed E-state index contributed by atoms with van der Waals surface area (Å²) in [6, 6.07) is 14.4. The van der Waals surface area contributed by atoms with Gasteiger partial charge in [0.2, 0.25) is 0 Å². The molecule has 0 saturated heterocycles. The predicted molar refractivity (Wildman–Crippen MR) is 112 cm³/mol. The lowest BCUT2D eigenvalue weighted by Crippen LogP contribution is -2.40. The van der Waals surface area contributed by atoms with Gasteiger partial charge in [0.15, 0.2) is 0 Å². The van der Waals surface area contributed by atoms with E-state index in [1.165, 1.54) is 5.56 Å². The largest absolute Gasteiger partial charge is 0.383 e. The average Bonchev–Trinajstić information content (AvgIpc) is 2.65. The summed E-state index contributed by atoms with van der Waals surface area (Å²) in [5, 5.41) is 2.94. The fourth-order valence-corrected chi connectivity index (χ4v) is 3.19. The summed E-state index contributed by atoms with van der Waals surface area (Å²) >= 11 is 0. The summed E-state index contributed by atoms with van der Waals surface area (Å²) in [6.07, 6.45) is 2.74. The Bertz CT molecular complexity index is 895. The Balaban J connectivity index is 2.16. The van der Waals surface area contributed by atoms with Gasteiger partial charge in [-0.1, -0.05) is 38.1 Å². The summed E-state index contributed by atoms with van der Waals surface area (Å²) in [4.78, 5) is 14.6. The molecule has 0 aliphatic heterocycles. The van der Waals surface area contributed by atoms with E-state index in [4.69, 9.17) is 4.18 Å². The second kappa shape index (κ2) is 9.59. The molecule has 0 fully saturated rings. The van der Waals surface area contributed by atoms with E-state index in [1.807, 2.05) is 44.2 Å². The van der Waals surface area contributed by atoms with E-state index in [1.54, 1.807) is 23.1 Å². The highest BCUT2D eigenvalue weighted by Crippen LogP contribution is 2.19. The minimum atomic E-state index is -3.60. The Hall–Kier alpha value is -2.54. The highest BCUT2D eigenvalue weighted by atomic mass is 32.2. The van der Waals surface area contributed by atoms with Crippen LogP contribution in [0.4, 0.5) is 10.5 Å². The van der Waals surface area contributed by atoms with Gasteiger partial charge < -0.3 is 14.4 Å². The van der Waals surface area contributed by atoms with Gasteiger partial charge in [0.1, 0.15) is 5.75 Å². The molecule has 28 heavy (non-hydrogen) atoms. The number of rotatable bonds is 8. The predicted octanol–water partition coefficient (Wildman–Crippen LogP) is 4.42. The normalized spacial score (nSPS) is 12.3. The number of nitrogens with one attached hydrogen (secondary N) is 1. The maximum atomic E-state index is 12.9. The second-order valence-electron chi connectivity index (χ2n) is 6.80. The van der Waals surface area contributed by atoms with Crippen molar-refractivity contribution in [1.29, 1.82) is 0 Å². The number of amides is 2. The van der Waals surface area contributed by atoms with Crippen molar-refractivity contribution in [3.63, 3.8) is 0 Å². The van der Waals surface area contributed by atoms with Gasteiger partial charge in [-0.05, 0) is 55.2 Å². The van der Waals surface area contributed by atoms with Crippen LogP contribution in [0.3, 0.4) is 0 Å². The number of anilines is 1. The fraction of sp³-hybridized carbons (Fsp3) is 0.381. The minimum absolute atomic E-state index is 0.00870. The summed E-state index contributed by atoms with van der Waals surface area (Å²) in [7, 11) is -3.60. The molecule has 0 saturated carbocycles. The van der Waals surface area contributed by atoms with Gasteiger partial charge in [-0.3, -0.25) is 0 Å². The van der Waals surface area contributed by atoms with Crippen molar-refractivity contribution in [2.75, 3.05) is 11.6 Å². The Morgan fingerprint density at radius 2 is 1.79 bits per heavy atom. The van der Waals surface area contributed by atoms with Crippen molar-refractivity contribution in [3.05, 3.63) is 59.7 Å². The molecule has 2 rings (SSSR count). The van der Waals surface area contributed by atoms with Crippen LogP contribution in [0.15, 0.2) is 48.5 Å². The first-order valence-electron chi connectivity index (χ1n) is 9.36. The summed E-state index contributed by atoms with van der Waals surface area (Å²) in [6.45, 7) is 6.43. The van der Waals surface area contributed by atoms with E-state index in [0.717, 1.165) is 30.3 Å². The molecule has 2 amide bonds. The maximum absolute atomic E-state index is 12.9. The Morgan fingerprint density at radius 3 is 2.36 bits per heavy atom. The first kappa shape index (κ1) is 21.8. The Morgan fingerprint density at radius 1 is 1.11 bits per heavy atom. The van der Waals surface area contributed by atoms with Crippen LogP contribution in [-0.2, 0) is 23.1 Å². The molecule has 0 spiro atoms. The van der Waals surface area contributed by atoms with Gasteiger partial charge in [-0.2, -0.15) is 8.42 Å². The average molecular weight is 405 g/mol. The zero-order chi connectivity index (χ0) is 20.7. The third-order valence-corrected chi connectivity index (χ3v) is 4.99. The SMILES string of the molecule is CCc1ccc(NC(=O)N(Cc2cccc(OS(C)(=O)=O)c2)[C@@H](C)CC)cc1. The van der Waals surface area contributed by atoms with Crippen molar-refractivity contribution in [1.82, 2.24) is 4.90 Å². The number of hydrogen-bond donors (Lipinski definition) is 1. The molecule has 0 aliphatic rings. The summed E-state index contributed by atoms with van der Waals surface area (Å²) < 4.78 is 27.6. The first-order chi connectivity index (χ1) is 13.2. The van der Waals surface area contributed by atoms with E-state index in [0.29, 0.717) is 6.54 Å². The smallest absolute Gasteiger partial charge is 0.322 e. The Kier molecular flexibility index (Phi) is 7.45. The number of nitrogens with zero attached hydrogens (tertiary/aromatic N) is 1. The van der Waals surface area contributed by atoms with Gasteiger partial charge in [-0.15, -0.1) is 0 Å². The fourth-order valence-electron chi connectivity index (χ4n) is 2.73. The van der Waals surface area contributed by atoms with Gasteiger partial charge >= 0.3 is 16.1 Å². The molecule has 0 aromatic heterocycles. The number of aryl methyl sites for hydroxylation is 1. The lowest BCUT2D eigenvalue weighted by Gasteiger charge is -2.29. The zero-order valence-corrected chi connectivity index (χ0v) is 17.6. The van der Waals surface area contributed by atoms with Crippen LogP contribution in [-0.4, -0.2) is 31.6 Å². The molecule has 2 aromatic carbocycles. The van der Waals surface area contributed by atoms with Gasteiger partial charge in [0, 0.05) is 18.3 Å². The number of carbonyl (C=O) groups excluding carboxylic acids is 1. The second-order valence-corrected chi connectivity index (χ2v) is 8.38. The third kappa shape index (κ3) is 6.56. The maximum Gasteiger partial charge on any atom is 0.322 e. The van der Waals surface area contributed by atoms with Crippen LogP contribution in [0.25, 0.3) is 0 Å². The molecule has 0 bridgehead atoms. The lowest BCUT2D eigenvalue weighted by atomic mass is 10.1. The van der Waals surface area contributed by atoms with Crippen LogP contribution in [0.5, 0.6) is 5.75 Å². The molecule has 0 radical (unpaired) electrons. The van der Waals surface area contributed by atoms with Crippen LogP contribution < -0.4 is 9.50 Å². The van der Waals surface area contributed by atoms with Gasteiger partial charge in [0.25, 0.3) is 0 Å². The quantitative estimate of drug-likeness (QED) is 0.661. The first-order valence-corrected chi connectivity index (χ1v) is 11.2. The molecule has 7 heteroatoms. The van der Waals surface area contributed by atoms with E-state index >= 15 is 0 Å². The number of hydrogen-bond acceptors (Lipinski definition) is 4. The standard InChI is InChI=1S/C21H28N2O4S/c1-5-16(3)23(21(24)22-19-12-10-17(6-2)11-13-19)15-18-8-7-9-20(14-18)27-28(4,25)26/h7-14,16H,5-6,15H2,1-4H3,(H,22,24)/t16-/m0/s1. The lowest BCUT2D eigenvalue weighted by molar-refractivity contribution is 0.187. The van der Waals surface area contributed by atoms with Crippen LogP contribution in [0, 0.1) is 0 Å². The zero-order valence-electron chi connectivity index (χ0n) is 16.8. The minimum Gasteiger partial charge on any atom is -0.383 e. The summed E-state index contributed by atoms with van der Waals surface area (Å²) in [5.41, 5.74) is 2.74. The molecule has 0 aliphatic carbocycles. The molecule has 1 N–H and O–H groups in total. The molecular weight excluding hydrogens is 376 g/mol. The number of benzene rings is 2. The highest BCUT2D eigenvalue weighted by Gasteiger charge is 2.20. The van der Waals surface area contributed by atoms with Gasteiger partial charge in [-0.25, -0.2) is 4.79 Å². The summed E-state index contributed by atoms with van der Waals surface area (Å²) in [5.74, 6) is 0.236. The van der Waals surface area contributed by atoms with E-state index in [2.05, 4.69) is 12.2 Å². The third-order valence-electron chi connectivity index (χ3n) is 4.50. The topological polar surface area (TPSA) is 75.7 Å². The van der Waals surface area contributed by atoms with Crippen LogP contribution in [0.1, 0.15) is 38.3 Å². The van der Waals surface area contributed by atoms with Crippen molar-refractivity contribution in [3.8, 4) is 5.75 Å². The molecule has 1 atom stereocenters. The van der Waals surface area contributed by atoms with Crippen molar-refractivity contribution in [2.24, 2.45) is 0 Å². The van der Waals surface area contributed by atoms with Crippen molar-refractivity contribution in [2.45, 2.75) is 46.2 Å². The molecule has 152 valence electrons.